The summed E-state index contributed by atoms with van der Waals surface area (Å²) in [4.78, 5) is 12.3. The molecule has 2 aromatic carbocycles. The number of ketones is 1. The molecule has 2 rings (SSSR count). The van der Waals surface area contributed by atoms with Crippen LogP contribution in [-0.2, 0) is 10.0 Å². The third kappa shape index (κ3) is 5.65. The van der Waals surface area contributed by atoms with Crippen LogP contribution < -0.4 is 14.2 Å². The highest BCUT2D eigenvalue weighted by atomic mass is 32.2. The summed E-state index contributed by atoms with van der Waals surface area (Å²) in [6.07, 6.45) is 4.11. The average Bonchev–Trinajstić information content (AvgIpc) is 2.58. The lowest BCUT2D eigenvalue weighted by Crippen LogP contribution is -2.10. The summed E-state index contributed by atoms with van der Waals surface area (Å²) in [5.41, 5.74) is 1.46. The van der Waals surface area contributed by atoms with Crippen molar-refractivity contribution in [2.24, 2.45) is 0 Å². The number of ether oxygens (including phenoxy) is 2. The quantitative estimate of drug-likeness (QED) is 0.606. The van der Waals surface area contributed by atoms with Crippen molar-refractivity contribution in [2.45, 2.75) is 0 Å². The second-order valence-electron chi connectivity index (χ2n) is 5.30. The number of rotatable bonds is 7. The van der Waals surface area contributed by atoms with Crippen LogP contribution in [-0.4, -0.2) is 34.7 Å². The van der Waals surface area contributed by atoms with Crippen LogP contribution in [0, 0.1) is 0 Å². The maximum Gasteiger partial charge on any atom is 0.229 e. The molecule has 0 saturated heterocycles. The second kappa shape index (κ2) is 7.85. The molecule has 0 heterocycles. The van der Waals surface area contributed by atoms with Gasteiger partial charge in [0.2, 0.25) is 10.0 Å². The highest BCUT2D eigenvalue weighted by Gasteiger charge is 2.06. The molecular weight excluding hydrogens is 342 g/mol. The zero-order valence-electron chi connectivity index (χ0n) is 14.1. The third-order valence-electron chi connectivity index (χ3n) is 3.25. The molecule has 0 bridgehead atoms. The lowest BCUT2D eigenvalue weighted by molar-refractivity contribution is 0.104. The van der Waals surface area contributed by atoms with Crippen LogP contribution >= 0.6 is 0 Å². The van der Waals surface area contributed by atoms with Gasteiger partial charge in [0, 0.05) is 17.3 Å². The lowest BCUT2D eigenvalue weighted by atomic mass is 10.1. The number of allylic oxidation sites excluding steroid dienone is 1. The molecule has 132 valence electrons. The molecule has 0 fully saturated rings. The predicted molar refractivity (Wildman–Crippen MR) is 97.8 cm³/mol. The van der Waals surface area contributed by atoms with Crippen LogP contribution in [0.2, 0.25) is 0 Å². The van der Waals surface area contributed by atoms with Gasteiger partial charge >= 0.3 is 0 Å². The minimum atomic E-state index is -3.40. The summed E-state index contributed by atoms with van der Waals surface area (Å²) in [6, 6.07) is 11.6. The van der Waals surface area contributed by atoms with Crippen molar-refractivity contribution in [3.63, 3.8) is 0 Å². The fourth-order valence-electron chi connectivity index (χ4n) is 2.14. The predicted octanol–water partition coefficient (Wildman–Crippen LogP) is 2.97. The fourth-order valence-corrected chi connectivity index (χ4v) is 2.70. The second-order valence-corrected chi connectivity index (χ2v) is 7.05. The van der Waals surface area contributed by atoms with Crippen molar-refractivity contribution in [1.29, 1.82) is 0 Å². The van der Waals surface area contributed by atoms with Gasteiger partial charge in [-0.3, -0.25) is 9.52 Å². The molecular formula is C18H19NO5S. The maximum absolute atomic E-state index is 12.3. The van der Waals surface area contributed by atoms with E-state index in [2.05, 4.69) is 4.72 Å². The first-order valence-electron chi connectivity index (χ1n) is 7.34. The van der Waals surface area contributed by atoms with Crippen molar-refractivity contribution in [3.05, 3.63) is 59.7 Å². The Morgan fingerprint density at radius 1 is 1.04 bits per heavy atom. The molecule has 0 aromatic heterocycles. The summed E-state index contributed by atoms with van der Waals surface area (Å²) in [6.45, 7) is 0. The van der Waals surface area contributed by atoms with Crippen LogP contribution in [0.15, 0.2) is 48.5 Å². The van der Waals surface area contributed by atoms with E-state index in [0.29, 0.717) is 22.7 Å². The Hall–Kier alpha value is -2.80. The number of carbonyl (C=O) groups excluding carboxylic acids is 1. The molecule has 0 amide bonds. The van der Waals surface area contributed by atoms with Gasteiger partial charge in [-0.1, -0.05) is 18.2 Å². The average molecular weight is 361 g/mol. The topological polar surface area (TPSA) is 81.7 Å². The summed E-state index contributed by atoms with van der Waals surface area (Å²) in [5, 5.41) is 0. The first kappa shape index (κ1) is 18.5. The number of methoxy groups -OCH3 is 2. The van der Waals surface area contributed by atoms with Crippen molar-refractivity contribution in [3.8, 4) is 11.5 Å². The largest absolute Gasteiger partial charge is 0.497 e. The maximum atomic E-state index is 12.3. The highest BCUT2D eigenvalue weighted by Crippen LogP contribution is 2.23. The first-order chi connectivity index (χ1) is 11.8. The number of sulfonamides is 1. The van der Waals surface area contributed by atoms with Gasteiger partial charge in [0.1, 0.15) is 11.5 Å². The normalized spacial score (nSPS) is 11.3. The Kier molecular flexibility index (Phi) is 5.82. The minimum absolute atomic E-state index is 0.251. The fraction of sp³-hybridized carbons (Fsp3) is 0.167. The number of benzene rings is 2. The number of anilines is 1. The molecule has 0 unspecified atom stereocenters. The zero-order chi connectivity index (χ0) is 18.4. The Balaban J connectivity index is 2.22. The van der Waals surface area contributed by atoms with Crippen LogP contribution in [0.3, 0.4) is 0 Å². The van der Waals surface area contributed by atoms with Crippen LogP contribution in [0.4, 0.5) is 5.69 Å². The Morgan fingerprint density at radius 3 is 2.24 bits per heavy atom. The molecule has 0 atom stereocenters. The Morgan fingerprint density at radius 2 is 1.68 bits per heavy atom. The van der Waals surface area contributed by atoms with E-state index in [1.54, 1.807) is 56.7 Å². The van der Waals surface area contributed by atoms with E-state index >= 15 is 0 Å². The van der Waals surface area contributed by atoms with Crippen LogP contribution in [0.5, 0.6) is 11.5 Å². The van der Waals surface area contributed by atoms with Crippen LogP contribution in [0.1, 0.15) is 15.9 Å². The van der Waals surface area contributed by atoms with Gasteiger partial charge in [-0.05, 0) is 35.9 Å². The Labute approximate surface area is 147 Å². The van der Waals surface area contributed by atoms with Gasteiger partial charge in [-0.2, -0.15) is 0 Å². The van der Waals surface area contributed by atoms with E-state index < -0.39 is 10.0 Å². The van der Waals surface area contributed by atoms with Crippen molar-refractivity contribution >= 4 is 27.6 Å². The number of nitrogens with one attached hydrogen (secondary N) is 1. The van der Waals surface area contributed by atoms with E-state index in [-0.39, 0.29) is 5.78 Å². The van der Waals surface area contributed by atoms with Gasteiger partial charge in [-0.25, -0.2) is 8.42 Å². The number of carbonyl (C=O) groups is 1. The molecule has 0 radical (unpaired) electrons. The van der Waals surface area contributed by atoms with E-state index in [9.17, 15) is 13.2 Å². The Bertz CT molecular complexity index is 881. The lowest BCUT2D eigenvalue weighted by Gasteiger charge is -2.06. The molecule has 0 saturated carbocycles. The summed E-state index contributed by atoms with van der Waals surface area (Å²) < 4.78 is 35.3. The van der Waals surface area contributed by atoms with E-state index in [1.165, 1.54) is 12.1 Å². The highest BCUT2D eigenvalue weighted by molar-refractivity contribution is 7.92. The molecule has 0 aliphatic carbocycles. The van der Waals surface area contributed by atoms with Gasteiger partial charge < -0.3 is 9.47 Å². The van der Waals surface area contributed by atoms with Crippen molar-refractivity contribution in [2.75, 3.05) is 25.2 Å². The molecule has 6 nitrogen and oxygen atoms in total. The van der Waals surface area contributed by atoms with E-state index in [4.69, 9.17) is 9.47 Å². The summed E-state index contributed by atoms with van der Waals surface area (Å²) in [5.74, 6) is 0.982. The SMILES string of the molecule is COc1cc(/C=C/C(=O)c2cccc(NS(C)(=O)=O)c2)cc(OC)c1. The summed E-state index contributed by atoms with van der Waals surface area (Å²) >= 11 is 0. The van der Waals surface area contributed by atoms with Crippen LogP contribution in [0.25, 0.3) is 6.08 Å². The van der Waals surface area contributed by atoms with Crippen molar-refractivity contribution in [1.82, 2.24) is 0 Å². The number of hydrogen-bond acceptors (Lipinski definition) is 5. The third-order valence-corrected chi connectivity index (χ3v) is 3.86. The van der Waals surface area contributed by atoms with Crippen molar-refractivity contribution < 1.29 is 22.7 Å². The molecule has 0 aliphatic heterocycles. The van der Waals surface area contributed by atoms with Gasteiger partial charge in [0.15, 0.2) is 5.78 Å². The minimum Gasteiger partial charge on any atom is -0.497 e. The molecule has 0 spiro atoms. The molecule has 2 aromatic rings. The standard InChI is InChI=1S/C18H19NO5S/c1-23-16-9-13(10-17(12-16)24-2)7-8-18(20)14-5-4-6-15(11-14)19-25(3,21)22/h4-12,19H,1-3H3/b8-7+. The molecule has 0 aliphatic rings. The molecule has 25 heavy (non-hydrogen) atoms. The van der Waals surface area contributed by atoms with E-state index in [0.717, 1.165) is 11.8 Å². The monoisotopic (exact) mass is 361 g/mol. The van der Waals surface area contributed by atoms with Gasteiger partial charge in [-0.15, -0.1) is 0 Å². The van der Waals surface area contributed by atoms with Gasteiger partial charge in [0.05, 0.1) is 20.5 Å². The summed E-state index contributed by atoms with van der Waals surface area (Å²) in [7, 11) is -0.299. The number of hydrogen-bond donors (Lipinski definition) is 1. The zero-order valence-corrected chi connectivity index (χ0v) is 15.0. The van der Waals surface area contributed by atoms with E-state index in [1.807, 2.05) is 0 Å². The van der Waals surface area contributed by atoms with Gasteiger partial charge in [0.25, 0.3) is 0 Å². The first-order valence-corrected chi connectivity index (χ1v) is 9.23. The molecule has 7 heteroatoms. The molecule has 1 N–H and O–H groups in total. The smallest absolute Gasteiger partial charge is 0.229 e.